The predicted molar refractivity (Wildman–Crippen MR) is 75.4 cm³/mol. The molecule has 1 aromatic heterocycles. The number of hydrogen-bond acceptors (Lipinski definition) is 2. The third kappa shape index (κ3) is 3.31. The van der Waals surface area contributed by atoms with Crippen molar-refractivity contribution in [3.05, 3.63) is 23.0 Å². The third-order valence-corrected chi connectivity index (χ3v) is 4.22. The minimum Gasteiger partial charge on any atom is -0.396 e. The molecule has 0 spiro atoms. The van der Waals surface area contributed by atoms with Crippen molar-refractivity contribution in [3.8, 4) is 0 Å². The highest BCUT2D eigenvalue weighted by atomic mass is 35.5. The Hall–Kier alpha value is -1.00. The number of carbonyl (C=O) groups is 1. The number of aryl methyl sites for hydroxylation is 1. The molecular formula is C14H21ClN2O2. The van der Waals surface area contributed by atoms with Crippen LogP contribution in [-0.4, -0.2) is 28.7 Å². The van der Waals surface area contributed by atoms with Crippen molar-refractivity contribution < 1.29 is 9.90 Å². The van der Waals surface area contributed by atoms with Gasteiger partial charge in [-0.3, -0.25) is 4.79 Å². The molecule has 106 valence electrons. The number of aromatic nitrogens is 1. The Balaban J connectivity index is 1.94. The first-order valence-electron chi connectivity index (χ1n) is 6.90. The van der Waals surface area contributed by atoms with Crippen molar-refractivity contribution in [2.75, 3.05) is 13.2 Å². The molecule has 2 unspecified atom stereocenters. The highest BCUT2D eigenvalue weighted by Gasteiger charge is 2.27. The smallest absolute Gasteiger partial charge is 0.267 e. The summed E-state index contributed by atoms with van der Waals surface area (Å²) in [5, 5.41) is 12.8. The number of rotatable bonds is 5. The van der Waals surface area contributed by atoms with Crippen LogP contribution in [0.15, 0.2) is 12.3 Å². The Morgan fingerprint density at radius 1 is 1.53 bits per heavy atom. The van der Waals surface area contributed by atoms with Gasteiger partial charge in [-0.05, 0) is 37.7 Å². The molecule has 1 fully saturated rings. The van der Waals surface area contributed by atoms with Gasteiger partial charge in [0.1, 0.15) is 5.69 Å². The lowest BCUT2D eigenvalue weighted by Crippen LogP contribution is -2.32. The molecule has 0 radical (unpaired) electrons. The maximum Gasteiger partial charge on any atom is 0.267 e. The van der Waals surface area contributed by atoms with Gasteiger partial charge in [-0.2, -0.15) is 0 Å². The van der Waals surface area contributed by atoms with Gasteiger partial charge in [-0.1, -0.05) is 18.0 Å². The largest absolute Gasteiger partial charge is 0.396 e. The highest BCUT2D eigenvalue weighted by Crippen LogP contribution is 2.30. The number of aliphatic hydroxyl groups is 1. The van der Waals surface area contributed by atoms with E-state index < -0.39 is 0 Å². The predicted octanol–water partition coefficient (Wildman–Crippen LogP) is 2.30. The zero-order valence-corrected chi connectivity index (χ0v) is 12.0. The first kappa shape index (κ1) is 14.4. The molecule has 1 amide bonds. The first-order chi connectivity index (χ1) is 9.15. The summed E-state index contributed by atoms with van der Waals surface area (Å²) in [5.74, 6) is 0.647. The van der Waals surface area contributed by atoms with Gasteiger partial charge >= 0.3 is 0 Å². The Kier molecular flexibility index (Phi) is 4.88. The van der Waals surface area contributed by atoms with E-state index in [0.29, 0.717) is 29.1 Å². The van der Waals surface area contributed by atoms with Crippen molar-refractivity contribution in [3.63, 3.8) is 0 Å². The van der Waals surface area contributed by atoms with Crippen LogP contribution in [0.4, 0.5) is 0 Å². The number of aliphatic hydroxyl groups excluding tert-OH is 1. The molecule has 2 N–H and O–H groups in total. The molecular weight excluding hydrogens is 264 g/mol. The number of amides is 1. The van der Waals surface area contributed by atoms with Crippen LogP contribution in [0.25, 0.3) is 0 Å². The van der Waals surface area contributed by atoms with Gasteiger partial charge in [-0.25, -0.2) is 0 Å². The molecule has 2 atom stereocenters. The maximum atomic E-state index is 12.1. The fourth-order valence-electron chi connectivity index (χ4n) is 2.86. The van der Waals surface area contributed by atoms with E-state index >= 15 is 0 Å². The molecule has 1 aliphatic rings. The Bertz CT molecular complexity index is 445. The number of hydrogen-bond donors (Lipinski definition) is 2. The lowest BCUT2D eigenvalue weighted by molar-refractivity contribution is 0.0928. The van der Waals surface area contributed by atoms with Gasteiger partial charge in [0.05, 0.1) is 5.02 Å². The second-order valence-corrected chi connectivity index (χ2v) is 5.61. The number of nitrogens with one attached hydrogen (secondary N) is 1. The summed E-state index contributed by atoms with van der Waals surface area (Å²) >= 11 is 5.93. The van der Waals surface area contributed by atoms with Crippen LogP contribution in [-0.2, 0) is 6.54 Å². The molecule has 5 heteroatoms. The third-order valence-electron chi connectivity index (χ3n) is 4.01. The molecule has 1 saturated carbocycles. The van der Waals surface area contributed by atoms with Crippen LogP contribution in [0.3, 0.4) is 0 Å². The van der Waals surface area contributed by atoms with Gasteiger partial charge in [0.2, 0.25) is 0 Å². The summed E-state index contributed by atoms with van der Waals surface area (Å²) in [4.78, 5) is 12.1. The lowest BCUT2D eigenvalue weighted by Gasteiger charge is -2.18. The SMILES string of the molecule is CCn1cc(Cl)cc1C(=O)NCC1CCCC1CO. The molecule has 1 aliphatic carbocycles. The minimum atomic E-state index is -0.0858. The Morgan fingerprint density at radius 2 is 2.26 bits per heavy atom. The summed E-state index contributed by atoms with van der Waals surface area (Å²) in [6.45, 7) is 3.55. The van der Waals surface area contributed by atoms with E-state index in [1.54, 1.807) is 12.3 Å². The molecule has 0 saturated heterocycles. The highest BCUT2D eigenvalue weighted by molar-refractivity contribution is 6.31. The van der Waals surface area contributed by atoms with Gasteiger partial charge in [0, 0.05) is 25.9 Å². The van der Waals surface area contributed by atoms with Gasteiger partial charge in [0.25, 0.3) is 5.91 Å². The maximum absolute atomic E-state index is 12.1. The summed E-state index contributed by atoms with van der Waals surface area (Å²) in [5.41, 5.74) is 0.603. The normalized spacial score (nSPS) is 22.7. The van der Waals surface area contributed by atoms with Crippen molar-refractivity contribution in [1.82, 2.24) is 9.88 Å². The van der Waals surface area contributed by atoms with Crippen molar-refractivity contribution in [2.45, 2.75) is 32.7 Å². The van der Waals surface area contributed by atoms with Gasteiger partial charge in [-0.15, -0.1) is 0 Å². The molecule has 4 nitrogen and oxygen atoms in total. The summed E-state index contributed by atoms with van der Waals surface area (Å²) in [7, 11) is 0. The monoisotopic (exact) mass is 284 g/mol. The molecule has 1 aromatic rings. The minimum absolute atomic E-state index is 0.0858. The second kappa shape index (κ2) is 6.44. The van der Waals surface area contributed by atoms with Crippen LogP contribution in [0.2, 0.25) is 5.02 Å². The Morgan fingerprint density at radius 3 is 2.95 bits per heavy atom. The zero-order chi connectivity index (χ0) is 13.8. The van der Waals surface area contributed by atoms with E-state index in [2.05, 4.69) is 5.32 Å². The van der Waals surface area contributed by atoms with Crippen LogP contribution in [0.1, 0.15) is 36.7 Å². The van der Waals surface area contributed by atoms with Gasteiger partial charge < -0.3 is 15.0 Å². The summed E-state index contributed by atoms with van der Waals surface area (Å²) in [6, 6.07) is 1.69. The fraction of sp³-hybridized carbons (Fsp3) is 0.643. The zero-order valence-electron chi connectivity index (χ0n) is 11.2. The number of carbonyl (C=O) groups excluding carboxylic acids is 1. The fourth-order valence-corrected chi connectivity index (χ4v) is 3.09. The van der Waals surface area contributed by atoms with Crippen molar-refractivity contribution in [2.24, 2.45) is 11.8 Å². The average molecular weight is 285 g/mol. The number of halogens is 1. The van der Waals surface area contributed by atoms with Crippen LogP contribution in [0, 0.1) is 11.8 Å². The van der Waals surface area contributed by atoms with Crippen LogP contribution >= 0.6 is 11.6 Å². The molecule has 0 aliphatic heterocycles. The van der Waals surface area contributed by atoms with E-state index in [-0.39, 0.29) is 12.5 Å². The van der Waals surface area contributed by atoms with Crippen LogP contribution in [0.5, 0.6) is 0 Å². The molecule has 2 rings (SSSR count). The van der Waals surface area contributed by atoms with Crippen molar-refractivity contribution >= 4 is 17.5 Å². The lowest BCUT2D eigenvalue weighted by atomic mass is 9.97. The summed E-state index contributed by atoms with van der Waals surface area (Å²) < 4.78 is 1.84. The standard InChI is InChI=1S/C14H21ClN2O2/c1-2-17-8-12(15)6-13(17)14(19)16-7-10-4-3-5-11(10)9-18/h6,8,10-11,18H,2-5,7,9H2,1H3,(H,16,19). The van der Waals surface area contributed by atoms with E-state index in [1.807, 2.05) is 11.5 Å². The van der Waals surface area contributed by atoms with Gasteiger partial charge in [0.15, 0.2) is 0 Å². The first-order valence-corrected chi connectivity index (χ1v) is 7.28. The molecule has 0 aromatic carbocycles. The quantitative estimate of drug-likeness (QED) is 0.872. The number of nitrogens with zero attached hydrogens (tertiary/aromatic N) is 1. The molecule has 0 bridgehead atoms. The Labute approximate surface area is 118 Å². The molecule has 19 heavy (non-hydrogen) atoms. The topological polar surface area (TPSA) is 54.3 Å². The second-order valence-electron chi connectivity index (χ2n) is 5.17. The van der Waals surface area contributed by atoms with E-state index in [4.69, 9.17) is 11.6 Å². The van der Waals surface area contributed by atoms with E-state index in [0.717, 1.165) is 25.8 Å². The van der Waals surface area contributed by atoms with Crippen LogP contribution < -0.4 is 5.32 Å². The van der Waals surface area contributed by atoms with Crippen molar-refractivity contribution in [1.29, 1.82) is 0 Å². The van der Waals surface area contributed by atoms with E-state index in [9.17, 15) is 9.90 Å². The van der Waals surface area contributed by atoms with E-state index in [1.165, 1.54) is 0 Å². The summed E-state index contributed by atoms with van der Waals surface area (Å²) in [6.07, 6.45) is 5.06. The molecule has 1 heterocycles. The average Bonchev–Trinajstić information content (AvgIpc) is 3.01.